The fraction of sp³-hybridized carbons (Fsp3) is 0.500. The molecule has 0 radical (unpaired) electrons. The van der Waals surface area contributed by atoms with Crippen LogP contribution in [0.2, 0.25) is 0 Å². The number of rotatable bonds is 5. The highest BCUT2D eigenvalue weighted by Gasteiger charge is 2.28. The van der Waals surface area contributed by atoms with Crippen molar-refractivity contribution in [2.24, 2.45) is 5.92 Å². The number of aryl methyl sites for hydroxylation is 1. The first-order valence-corrected chi connectivity index (χ1v) is 9.65. The molecule has 148 valence electrons. The van der Waals surface area contributed by atoms with E-state index < -0.39 is 0 Å². The molecule has 1 aliphatic heterocycles. The number of hydrogen-bond acceptors (Lipinski definition) is 2. The number of carbonyl (C=O) groups is 1. The number of halogens is 1. The zero-order chi connectivity index (χ0) is 18.8. The SMILES string of the molecule is CNCC1CCN(C(=O)c2cc(C)n(-c3ccc(C(C)C)cc3)c2C)C1.Cl. The van der Waals surface area contributed by atoms with Crippen molar-refractivity contribution in [3.63, 3.8) is 0 Å². The highest BCUT2D eigenvalue weighted by molar-refractivity contribution is 5.96. The van der Waals surface area contributed by atoms with Crippen LogP contribution in [0.4, 0.5) is 0 Å². The van der Waals surface area contributed by atoms with Crippen LogP contribution in [0, 0.1) is 19.8 Å². The number of carbonyl (C=O) groups excluding carboxylic acids is 1. The molecule has 1 atom stereocenters. The Morgan fingerprint density at radius 2 is 1.89 bits per heavy atom. The monoisotopic (exact) mass is 389 g/mol. The summed E-state index contributed by atoms with van der Waals surface area (Å²) < 4.78 is 2.19. The average Bonchev–Trinajstić information content (AvgIpc) is 3.19. The van der Waals surface area contributed by atoms with Gasteiger partial charge < -0.3 is 14.8 Å². The van der Waals surface area contributed by atoms with Gasteiger partial charge in [-0.05, 0) is 69.5 Å². The first kappa shape index (κ1) is 21.5. The van der Waals surface area contributed by atoms with E-state index in [9.17, 15) is 4.79 Å². The van der Waals surface area contributed by atoms with Crippen molar-refractivity contribution in [2.45, 2.75) is 40.0 Å². The van der Waals surface area contributed by atoms with Crippen molar-refractivity contribution in [2.75, 3.05) is 26.7 Å². The lowest BCUT2D eigenvalue weighted by Gasteiger charge is -2.17. The molecule has 0 aliphatic carbocycles. The molecule has 0 saturated carbocycles. The summed E-state index contributed by atoms with van der Waals surface area (Å²) in [6, 6.07) is 10.7. The largest absolute Gasteiger partial charge is 0.338 e. The molecule has 1 aliphatic rings. The number of nitrogens with zero attached hydrogens (tertiary/aromatic N) is 2. The Morgan fingerprint density at radius 3 is 2.48 bits per heavy atom. The molecular weight excluding hydrogens is 358 g/mol. The van der Waals surface area contributed by atoms with Gasteiger partial charge >= 0.3 is 0 Å². The Balaban J connectivity index is 0.00000261. The molecule has 27 heavy (non-hydrogen) atoms. The summed E-state index contributed by atoms with van der Waals surface area (Å²) in [4.78, 5) is 15.1. The van der Waals surface area contributed by atoms with Crippen LogP contribution in [-0.4, -0.2) is 42.1 Å². The second kappa shape index (κ2) is 8.94. The summed E-state index contributed by atoms with van der Waals surface area (Å²) in [6.07, 6.45) is 1.09. The summed E-state index contributed by atoms with van der Waals surface area (Å²) in [7, 11) is 1.97. The van der Waals surface area contributed by atoms with Gasteiger partial charge in [0.1, 0.15) is 0 Å². The van der Waals surface area contributed by atoms with Gasteiger partial charge in [-0.2, -0.15) is 0 Å². The molecule has 1 fully saturated rings. The maximum atomic E-state index is 13.1. The zero-order valence-electron chi connectivity index (χ0n) is 17.1. The van der Waals surface area contributed by atoms with Crippen molar-refractivity contribution in [3.05, 3.63) is 52.8 Å². The molecule has 2 aromatic rings. The topological polar surface area (TPSA) is 37.3 Å². The van der Waals surface area contributed by atoms with Gasteiger partial charge in [-0.15, -0.1) is 12.4 Å². The third-order valence-electron chi connectivity index (χ3n) is 5.55. The maximum absolute atomic E-state index is 13.1. The first-order valence-electron chi connectivity index (χ1n) is 9.65. The molecular formula is C22H32ClN3O. The third-order valence-corrected chi connectivity index (χ3v) is 5.55. The number of likely N-dealkylation sites (tertiary alicyclic amines) is 1. The molecule has 2 heterocycles. The van der Waals surface area contributed by atoms with Crippen molar-refractivity contribution in [3.8, 4) is 5.69 Å². The van der Waals surface area contributed by atoms with Crippen molar-refractivity contribution >= 4 is 18.3 Å². The maximum Gasteiger partial charge on any atom is 0.255 e. The number of amides is 1. The number of benzene rings is 1. The van der Waals surface area contributed by atoms with E-state index in [-0.39, 0.29) is 18.3 Å². The van der Waals surface area contributed by atoms with Crippen LogP contribution in [0.1, 0.15) is 53.5 Å². The van der Waals surface area contributed by atoms with Crippen LogP contribution in [0.25, 0.3) is 5.69 Å². The van der Waals surface area contributed by atoms with Gasteiger partial charge in [0.25, 0.3) is 5.91 Å². The van der Waals surface area contributed by atoms with Crippen molar-refractivity contribution < 1.29 is 4.79 Å². The highest BCUT2D eigenvalue weighted by Crippen LogP contribution is 2.26. The fourth-order valence-electron chi connectivity index (χ4n) is 4.03. The second-order valence-electron chi connectivity index (χ2n) is 7.83. The molecule has 4 nitrogen and oxygen atoms in total. The van der Waals surface area contributed by atoms with E-state index in [0.29, 0.717) is 11.8 Å². The van der Waals surface area contributed by atoms with Crippen LogP contribution < -0.4 is 5.32 Å². The molecule has 1 unspecified atom stereocenters. The van der Waals surface area contributed by atoms with Gasteiger partial charge in [-0.3, -0.25) is 4.79 Å². The van der Waals surface area contributed by atoms with Crippen LogP contribution in [-0.2, 0) is 0 Å². The molecule has 1 aromatic heterocycles. The van der Waals surface area contributed by atoms with Gasteiger partial charge in [-0.1, -0.05) is 26.0 Å². The van der Waals surface area contributed by atoms with E-state index in [1.54, 1.807) is 0 Å². The van der Waals surface area contributed by atoms with Gasteiger partial charge in [0.2, 0.25) is 0 Å². The summed E-state index contributed by atoms with van der Waals surface area (Å²) in [5, 5.41) is 3.23. The van der Waals surface area contributed by atoms with Crippen LogP contribution in [0.3, 0.4) is 0 Å². The quantitative estimate of drug-likeness (QED) is 0.826. The van der Waals surface area contributed by atoms with Gasteiger partial charge in [0.05, 0.1) is 5.56 Å². The summed E-state index contributed by atoms with van der Waals surface area (Å²) >= 11 is 0. The first-order chi connectivity index (χ1) is 12.4. The van der Waals surface area contributed by atoms with E-state index >= 15 is 0 Å². The van der Waals surface area contributed by atoms with E-state index in [4.69, 9.17) is 0 Å². The summed E-state index contributed by atoms with van der Waals surface area (Å²) in [5.74, 6) is 1.26. The minimum Gasteiger partial charge on any atom is -0.338 e. The fourth-order valence-corrected chi connectivity index (χ4v) is 4.03. The van der Waals surface area contributed by atoms with Gasteiger partial charge in [0, 0.05) is 30.2 Å². The predicted octanol–water partition coefficient (Wildman–Crippen LogP) is 4.32. The van der Waals surface area contributed by atoms with E-state index in [1.807, 2.05) is 18.0 Å². The Labute approximate surface area is 169 Å². The molecule has 1 saturated heterocycles. The zero-order valence-corrected chi connectivity index (χ0v) is 17.9. The molecule has 0 spiro atoms. The molecule has 0 bridgehead atoms. The lowest BCUT2D eigenvalue weighted by atomic mass is 10.0. The van der Waals surface area contributed by atoms with Crippen molar-refractivity contribution in [1.82, 2.24) is 14.8 Å². The molecule has 3 rings (SSSR count). The van der Waals surface area contributed by atoms with Gasteiger partial charge in [0.15, 0.2) is 0 Å². The standard InChI is InChI=1S/C22H31N3O.ClH/c1-15(2)19-6-8-20(9-7-19)25-16(3)12-21(17(25)4)22(26)24-11-10-18(14-24)13-23-5;/h6-9,12,15,18,23H,10-11,13-14H2,1-5H3;1H. The lowest BCUT2D eigenvalue weighted by Crippen LogP contribution is -2.30. The predicted molar refractivity (Wildman–Crippen MR) is 115 cm³/mol. The number of nitrogens with one attached hydrogen (secondary N) is 1. The lowest BCUT2D eigenvalue weighted by molar-refractivity contribution is 0.0786. The molecule has 5 heteroatoms. The summed E-state index contributed by atoms with van der Waals surface area (Å²) in [5.41, 5.74) is 5.43. The molecule has 1 N–H and O–H groups in total. The van der Waals surface area contributed by atoms with Gasteiger partial charge in [-0.25, -0.2) is 0 Å². The Hall–Kier alpha value is -1.78. The molecule has 1 aromatic carbocycles. The minimum atomic E-state index is 0. The summed E-state index contributed by atoms with van der Waals surface area (Å²) in [6.45, 7) is 11.2. The Bertz CT molecular complexity index is 780. The van der Waals surface area contributed by atoms with Crippen LogP contribution in [0.15, 0.2) is 30.3 Å². The van der Waals surface area contributed by atoms with E-state index in [1.165, 1.54) is 5.56 Å². The number of aromatic nitrogens is 1. The Morgan fingerprint density at radius 1 is 1.22 bits per heavy atom. The second-order valence-corrected chi connectivity index (χ2v) is 7.83. The molecule has 1 amide bonds. The average molecular weight is 390 g/mol. The third kappa shape index (κ3) is 4.39. The minimum absolute atomic E-state index is 0. The van der Waals surface area contributed by atoms with Crippen LogP contribution in [0.5, 0.6) is 0 Å². The van der Waals surface area contributed by atoms with Crippen molar-refractivity contribution in [1.29, 1.82) is 0 Å². The van der Waals surface area contributed by atoms with E-state index in [2.05, 4.69) is 61.8 Å². The Kier molecular flexibility index (Phi) is 7.12. The van der Waals surface area contributed by atoms with Crippen LogP contribution >= 0.6 is 12.4 Å². The highest BCUT2D eigenvalue weighted by atomic mass is 35.5. The normalized spacial score (nSPS) is 16.7. The number of hydrogen-bond donors (Lipinski definition) is 1. The van der Waals surface area contributed by atoms with E-state index in [0.717, 1.165) is 48.7 Å². The smallest absolute Gasteiger partial charge is 0.255 e.